The molecular weight excluding hydrogens is 263 g/mol. The molecule has 2 heterocycles. The van der Waals surface area contributed by atoms with Gasteiger partial charge < -0.3 is 0 Å². The van der Waals surface area contributed by atoms with Crippen molar-refractivity contribution in [3.63, 3.8) is 0 Å². The van der Waals surface area contributed by atoms with Crippen molar-refractivity contribution in [1.29, 1.82) is 0 Å². The number of carbonyl (C=O) groups is 2. The number of para-hydroxylation sites is 2. The summed E-state index contributed by atoms with van der Waals surface area (Å²) in [5, 5.41) is 3.42. The third-order valence-electron chi connectivity index (χ3n) is 2.89. The van der Waals surface area contributed by atoms with Gasteiger partial charge in [-0.15, -0.1) is 0 Å². The second-order valence-corrected chi connectivity index (χ2v) is 4.31. The Morgan fingerprint density at radius 1 is 0.619 bits per heavy atom. The molecule has 0 N–H and O–H groups in total. The minimum absolute atomic E-state index is 0. The molecule has 2 aliphatic heterocycles. The molecule has 0 saturated heterocycles. The zero-order valence-corrected chi connectivity index (χ0v) is 11.1. The summed E-state index contributed by atoms with van der Waals surface area (Å²) in [6, 6.07) is 14.9. The summed E-state index contributed by atoms with van der Waals surface area (Å²) in [7, 11) is 0. The Morgan fingerprint density at radius 2 is 1.00 bits per heavy atom. The van der Waals surface area contributed by atoms with E-state index in [0.717, 1.165) is 21.2 Å². The van der Waals surface area contributed by atoms with Gasteiger partial charge in [0.1, 0.15) is 0 Å². The number of hydrogen-bond donors (Lipinski definition) is 0. The Bertz CT molecular complexity index is 795. The predicted molar refractivity (Wildman–Crippen MR) is 79.1 cm³/mol. The summed E-state index contributed by atoms with van der Waals surface area (Å²) < 4.78 is 0. The van der Waals surface area contributed by atoms with Gasteiger partial charge in [-0.1, -0.05) is 36.4 Å². The first-order chi connectivity index (χ1) is 9.72. The fraction of sp³-hybridized carbons (Fsp3) is 0. The molecule has 2 aliphatic rings. The maximum atomic E-state index is 10.7. The van der Waals surface area contributed by atoms with Crippen molar-refractivity contribution in [1.82, 2.24) is 0 Å². The first-order valence-electron chi connectivity index (χ1n) is 6.11. The van der Waals surface area contributed by atoms with Crippen LogP contribution in [0.5, 0.6) is 0 Å². The Labute approximate surface area is 122 Å². The molecule has 0 unspecified atom stereocenters. The van der Waals surface area contributed by atoms with Crippen molar-refractivity contribution in [2.45, 2.75) is 0 Å². The molecule has 0 fully saturated rings. The average molecular weight is 273 g/mol. The van der Waals surface area contributed by atoms with Gasteiger partial charge in [-0.3, -0.25) is 9.59 Å². The molecule has 2 aromatic rings. The van der Waals surface area contributed by atoms with E-state index in [4.69, 9.17) is 0 Å². The van der Waals surface area contributed by atoms with E-state index in [0.29, 0.717) is 0 Å². The highest BCUT2D eigenvalue weighted by Gasteiger charge is 2.00. The monoisotopic (exact) mass is 273 g/mol. The van der Waals surface area contributed by atoms with E-state index in [9.17, 15) is 9.59 Å². The summed E-state index contributed by atoms with van der Waals surface area (Å²) in [5.41, 5.74) is 0. The first-order valence-corrected chi connectivity index (χ1v) is 6.11. The third kappa shape index (κ3) is 3.20. The number of carbonyl (C=O) groups excluding carboxylic acids is 2. The SMILES string of the molecule is O=C1C=c2ccccc2=N1.O=C1C=c2ccccc2=N1.[B]. The van der Waals surface area contributed by atoms with Gasteiger partial charge in [0.25, 0.3) is 11.8 Å². The maximum absolute atomic E-state index is 10.7. The lowest BCUT2D eigenvalue weighted by Crippen LogP contribution is -2.19. The van der Waals surface area contributed by atoms with Crippen LogP contribution in [0.4, 0.5) is 0 Å². The Balaban J connectivity index is 0.000000147. The smallest absolute Gasteiger partial charge is 0.267 e. The van der Waals surface area contributed by atoms with Gasteiger partial charge in [-0.2, -0.15) is 0 Å². The van der Waals surface area contributed by atoms with E-state index in [-0.39, 0.29) is 20.2 Å². The van der Waals surface area contributed by atoms with Crippen LogP contribution < -0.4 is 21.2 Å². The van der Waals surface area contributed by atoms with E-state index in [1.54, 1.807) is 0 Å². The molecule has 0 aromatic heterocycles. The third-order valence-corrected chi connectivity index (χ3v) is 2.89. The summed E-state index contributed by atoms with van der Waals surface area (Å²) >= 11 is 0. The van der Waals surface area contributed by atoms with Crippen LogP contribution in [0.25, 0.3) is 12.2 Å². The summed E-state index contributed by atoms with van der Waals surface area (Å²) in [6.07, 6.45) is 3.07. The van der Waals surface area contributed by atoms with E-state index >= 15 is 0 Å². The van der Waals surface area contributed by atoms with Crippen LogP contribution in [-0.4, -0.2) is 20.2 Å². The lowest BCUT2D eigenvalue weighted by Gasteiger charge is -1.77. The van der Waals surface area contributed by atoms with Gasteiger partial charge in [0.15, 0.2) is 0 Å². The van der Waals surface area contributed by atoms with Crippen molar-refractivity contribution < 1.29 is 9.59 Å². The molecule has 0 bridgehead atoms. The van der Waals surface area contributed by atoms with Gasteiger partial charge in [0.05, 0.1) is 10.7 Å². The van der Waals surface area contributed by atoms with Gasteiger partial charge in [-0.25, -0.2) is 9.98 Å². The summed E-state index contributed by atoms with van der Waals surface area (Å²) in [5.74, 6) is -0.303. The molecule has 99 valence electrons. The number of hydrogen-bond acceptors (Lipinski definition) is 2. The topological polar surface area (TPSA) is 58.9 Å². The molecule has 4 nitrogen and oxygen atoms in total. The van der Waals surface area contributed by atoms with Crippen molar-refractivity contribution in [2.24, 2.45) is 9.98 Å². The van der Waals surface area contributed by atoms with Crippen molar-refractivity contribution in [3.8, 4) is 0 Å². The molecule has 3 radical (unpaired) electrons. The van der Waals surface area contributed by atoms with Gasteiger partial charge >= 0.3 is 0 Å². The molecule has 0 spiro atoms. The van der Waals surface area contributed by atoms with Crippen LogP contribution in [0, 0.1) is 0 Å². The van der Waals surface area contributed by atoms with Crippen molar-refractivity contribution in [2.75, 3.05) is 0 Å². The molecule has 4 rings (SSSR count). The van der Waals surface area contributed by atoms with E-state index < -0.39 is 0 Å². The largest absolute Gasteiger partial charge is 0.270 e. The molecule has 2 aromatic carbocycles. The van der Waals surface area contributed by atoms with Crippen molar-refractivity contribution >= 4 is 32.4 Å². The summed E-state index contributed by atoms with van der Waals surface area (Å²) in [6.45, 7) is 0. The van der Waals surface area contributed by atoms with Crippen LogP contribution in [0.2, 0.25) is 0 Å². The van der Waals surface area contributed by atoms with Crippen LogP contribution in [-0.2, 0) is 9.59 Å². The number of amides is 2. The molecule has 21 heavy (non-hydrogen) atoms. The molecule has 0 saturated carbocycles. The van der Waals surface area contributed by atoms with E-state index in [2.05, 4.69) is 9.98 Å². The fourth-order valence-corrected chi connectivity index (χ4v) is 1.99. The fourth-order valence-electron chi connectivity index (χ4n) is 1.99. The highest BCUT2D eigenvalue weighted by molar-refractivity contribution is 6.06. The lowest BCUT2D eigenvalue weighted by atomic mass is 10.3. The van der Waals surface area contributed by atoms with Crippen LogP contribution in [0.15, 0.2) is 58.5 Å². The van der Waals surface area contributed by atoms with Crippen LogP contribution >= 0.6 is 0 Å². The lowest BCUT2D eigenvalue weighted by molar-refractivity contribution is -0.113. The molecule has 0 atom stereocenters. The second-order valence-electron chi connectivity index (χ2n) is 4.31. The average Bonchev–Trinajstić information content (AvgIpc) is 2.99. The zero-order valence-electron chi connectivity index (χ0n) is 11.1. The minimum atomic E-state index is -0.152. The van der Waals surface area contributed by atoms with E-state index in [1.807, 2.05) is 48.5 Å². The standard InChI is InChI=1S/2C8H5NO.B/c2*10-8-5-6-3-1-2-4-7(6)9-8;/h2*1-5H;. The number of benzene rings is 2. The highest BCUT2D eigenvalue weighted by Crippen LogP contribution is 1.82. The second kappa shape index (κ2) is 6.09. The van der Waals surface area contributed by atoms with Crippen LogP contribution in [0.1, 0.15) is 0 Å². The molecule has 2 amide bonds. The van der Waals surface area contributed by atoms with Gasteiger partial charge in [0, 0.05) is 31.0 Å². The number of rotatable bonds is 0. The van der Waals surface area contributed by atoms with E-state index in [1.165, 1.54) is 12.2 Å². The molecule has 0 aliphatic carbocycles. The first kappa shape index (κ1) is 14.6. The maximum Gasteiger partial charge on any atom is 0.270 e. The quantitative estimate of drug-likeness (QED) is 0.570. The van der Waals surface area contributed by atoms with Crippen LogP contribution in [0.3, 0.4) is 0 Å². The highest BCUT2D eigenvalue weighted by atomic mass is 16.1. The number of nitrogens with zero attached hydrogens (tertiary/aromatic N) is 2. The predicted octanol–water partition coefficient (Wildman–Crippen LogP) is -1.13. The minimum Gasteiger partial charge on any atom is -0.267 e. The Hall–Kier alpha value is -2.82. The zero-order chi connectivity index (χ0) is 13.9. The molecule has 5 heteroatoms. The normalized spacial score (nSPS) is 13.1. The van der Waals surface area contributed by atoms with Crippen molar-refractivity contribution in [3.05, 3.63) is 69.7 Å². The Kier molecular flexibility index (Phi) is 4.23. The number of fused-ring (bicyclic) bond motifs is 2. The summed E-state index contributed by atoms with van der Waals surface area (Å²) in [4.78, 5) is 28.9. The molecular formula is C16H10BN2O2. The van der Waals surface area contributed by atoms with Gasteiger partial charge in [0.2, 0.25) is 0 Å². The Morgan fingerprint density at radius 3 is 1.38 bits per heavy atom. The van der Waals surface area contributed by atoms with Gasteiger partial charge in [-0.05, 0) is 12.1 Å².